The lowest BCUT2D eigenvalue weighted by Crippen LogP contribution is -2.33. The Morgan fingerprint density at radius 1 is 1.11 bits per heavy atom. The number of hydrogen-bond acceptors (Lipinski definition) is 3. The van der Waals surface area contributed by atoms with Crippen molar-refractivity contribution in [3.63, 3.8) is 0 Å². The number of benzene rings is 1. The first-order chi connectivity index (χ1) is 9.11. The summed E-state index contributed by atoms with van der Waals surface area (Å²) in [4.78, 5) is 13.8. The van der Waals surface area contributed by atoms with Crippen molar-refractivity contribution in [2.75, 3.05) is 13.1 Å². The topological polar surface area (TPSA) is 67.9 Å². The van der Waals surface area contributed by atoms with Crippen LogP contribution < -0.4 is 0 Å². The van der Waals surface area contributed by atoms with Gasteiger partial charge in [0.05, 0.1) is 40.6 Å². The molecule has 4 nitrogen and oxygen atoms in total. The molecule has 1 aromatic rings. The lowest BCUT2D eigenvalue weighted by molar-refractivity contribution is 0.0763. The van der Waals surface area contributed by atoms with Crippen molar-refractivity contribution >= 4 is 29.1 Å². The Hall–Kier alpha value is -1.75. The molecule has 98 valence electrons. The highest BCUT2D eigenvalue weighted by Gasteiger charge is 2.20. The maximum absolute atomic E-state index is 12.3. The van der Waals surface area contributed by atoms with E-state index in [1.54, 1.807) is 18.2 Å². The van der Waals surface area contributed by atoms with Crippen LogP contribution in [0.25, 0.3) is 0 Å². The fraction of sp³-hybridized carbons (Fsp3) is 0.308. The smallest absolute Gasteiger partial charge is 0.256 e. The van der Waals surface area contributed by atoms with E-state index < -0.39 is 0 Å². The first kappa shape index (κ1) is 15.3. The SMILES string of the molecule is N#CCCN(CCC#N)C(=O)c1c(Cl)cccc1Cl. The van der Waals surface area contributed by atoms with Crippen molar-refractivity contribution in [3.05, 3.63) is 33.8 Å². The van der Waals surface area contributed by atoms with Crippen molar-refractivity contribution in [2.45, 2.75) is 12.8 Å². The maximum atomic E-state index is 12.3. The minimum absolute atomic E-state index is 0.194. The van der Waals surface area contributed by atoms with Gasteiger partial charge in [-0.3, -0.25) is 4.79 Å². The number of rotatable bonds is 5. The fourth-order valence-electron chi connectivity index (χ4n) is 1.55. The molecule has 0 N–H and O–H groups in total. The molecule has 0 aromatic heterocycles. The summed E-state index contributed by atoms with van der Waals surface area (Å²) in [5.74, 6) is -0.360. The molecule has 0 heterocycles. The Balaban J connectivity index is 2.99. The summed E-state index contributed by atoms with van der Waals surface area (Å²) in [7, 11) is 0. The molecule has 0 saturated carbocycles. The van der Waals surface area contributed by atoms with E-state index in [-0.39, 0.29) is 47.4 Å². The van der Waals surface area contributed by atoms with Crippen LogP contribution in [0, 0.1) is 22.7 Å². The highest BCUT2D eigenvalue weighted by molar-refractivity contribution is 6.39. The van der Waals surface area contributed by atoms with Crippen LogP contribution in [0.2, 0.25) is 10.0 Å². The van der Waals surface area contributed by atoms with Gasteiger partial charge in [-0.15, -0.1) is 0 Å². The van der Waals surface area contributed by atoms with Crippen molar-refractivity contribution in [3.8, 4) is 12.1 Å². The molecule has 1 rings (SSSR count). The van der Waals surface area contributed by atoms with Gasteiger partial charge in [-0.05, 0) is 12.1 Å². The fourth-order valence-corrected chi connectivity index (χ4v) is 2.10. The van der Waals surface area contributed by atoms with E-state index in [4.69, 9.17) is 33.7 Å². The molecule has 1 amide bonds. The molecule has 0 aliphatic rings. The molecule has 0 radical (unpaired) electrons. The van der Waals surface area contributed by atoms with Gasteiger partial charge < -0.3 is 4.90 Å². The van der Waals surface area contributed by atoms with Gasteiger partial charge in [-0.2, -0.15) is 10.5 Å². The number of nitriles is 2. The van der Waals surface area contributed by atoms with E-state index in [2.05, 4.69) is 0 Å². The Bertz CT molecular complexity index is 508. The van der Waals surface area contributed by atoms with Gasteiger partial charge in [0.15, 0.2) is 0 Å². The van der Waals surface area contributed by atoms with E-state index in [0.29, 0.717) is 0 Å². The Kier molecular flexibility index (Phi) is 6.15. The first-order valence-electron chi connectivity index (χ1n) is 5.59. The zero-order valence-corrected chi connectivity index (χ0v) is 11.6. The molecule has 0 bridgehead atoms. The molecule has 0 spiro atoms. The summed E-state index contributed by atoms with van der Waals surface area (Å²) in [6, 6.07) is 8.74. The predicted octanol–water partition coefficient (Wildman–Crippen LogP) is 3.26. The largest absolute Gasteiger partial charge is 0.336 e. The number of carbonyl (C=O) groups is 1. The van der Waals surface area contributed by atoms with Crippen LogP contribution in [0.4, 0.5) is 0 Å². The molecular weight excluding hydrogens is 285 g/mol. The normalized spacial score (nSPS) is 9.47. The van der Waals surface area contributed by atoms with Crippen LogP contribution in [-0.2, 0) is 0 Å². The lowest BCUT2D eigenvalue weighted by Gasteiger charge is -2.21. The van der Waals surface area contributed by atoms with Gasteiger partial charge in [0.2, 0.25) is 0 Å². The summed E-state index contributed by atoms with van der Waals surface area (Å²) < 4.78 is 0. The van der Waals surface area contributed by atoms with Crippen molar-refractivity contribution in [2.24, 2.45) is 0 Å². The quantitative estimate of drug-likeness (QED) is 0.837. The van der Waals surface area contributed by atoms with Crippen molar-refractivity contribution in [1.82, 2.24) is 4.90 Å². The van der Waals surface area contributed by atoms with Crippen LogP contribution in [0.3, 0.4) is 0 Å². The molecule has 19 heavy (non-hydrogen) atoms. The van der Waals surface area contributed by atoms with Gasteiger partial charge in [-0.25, -0.2) is 0 Å². The van der Waals surface area contributed by atoms with E-state index in [9.17, 15) is 4.79 Å². The molecule has 0 saturated heterocycles. The van der Waals surface area contributed by atoms with E-state index >= 15 is 0 Å². The third kappa shape index (κ3) is 4.13. The van der Waals surface area contributed by atoms with Crippen LogP contribution >= 0.6 is 23.2 Å². The van der Waals surface area contributed by atoms with E-state index in [1.165, 1.54) is 4.90 Å². The third-order valence-corrected chi connectivity index (χ3v) is 3.08. The zero-order valence-electron chi connectivity index (χ0n) is 10.1. The van der Waals surface area contributed by atoms with Crippen molar-refractivity contribution in [1.29, 1.82) is 10.5 Å². The molecule has 0 aliphatic carbocycles. The molecular formula is C13H11Cl2N3O. The second-order valence-electron chi connectivity index (χ2n) is 3.71. The second-order valence-corrected chi connectivity index (χ2v) is 4.52. The predicted molar refractivity (Wildman–Crippen MR) is 72.8 cm³/mol. The number of halogens is 2. The molecule has 0 atom stereocenters. The highest BCUT2D eigenvalue weighted by atomic mass is 35.5. The molecule has 0 fully saturated rings. The van der Waals surface area contributed by atoms with Crippen LogP contribution in [0.15, 0.2) is 18.2 Å². The maximum Gasteiger partial charge on any atom is 0.256 e. The van der Waals surface area contributed by atoms with E-state index in [0.717, 1.165) is 0 Å². The zero-order chi connectivity index (χ0) is 14.3. The first-order valence-corrected chi connectivity index (χ1v) is 6.34. The molecule has 6 heteroatoms. The summed E-state index contributed by atoms with van der Waals surface area (Å²) in [5.41, 5.74) is 0.210. The standard InChI is InChI=1S/C13H11Cl2N3O/c14-10-4-1-5-11(15)12(10)13(19)18(8-2-6-16)9-3-7-17/h1,4-5H,2-3,8-9H2. The molecule has 1 aromatic carbocycles. The monoisotopic (exact) mass is 295 g/mol. The van der Waals surface area contributed by atoms with Crippen LogP contribution in [0.5, 0.6) is 0 Å². The number of nitrogens with zero attached hydrogens (tertiary/aromatic N) is 3. The average Bonchev–Trinajstić information content (AvgIpc) is 2.38. The summed E-state index contributed by atoms with van der Waals surface area (Å²) in [5, 5.41) is 17.7. The number of hydrogen-bond donors (Lipinski definition) is 0. The summed E-state index contributed by atoms with van der Waals surface area (Å²) in [6.45, 7) is 0.497. The summed E-state index contributed by atoms with van der Waals surface area (Å²) in [6.07, 6.45) is 0.387. The van der Waals surface area contributed by atoms with Gasteiger partial charge in [0.1, 0.15) is 0 Å². The van der Waals surface area contributed by atoms with Crippen LogP contribution in [0.1, 0.15) is 23.2 Å². The van der Waals surface area contributed by atoms with Gasteiger partial charge in [-0.1, -0.05) is 29.3 Å². The summed E-state index contributed by atoms with van der Waals surface area (Å²) >= 11 is 11.9. The Morgan fingerprint density at radius 2 is 1.58 bits per heavy atom. The average molecular weight is 296 g/mol. The third-order valence-electron chi connectivity index (χ3n) is 2.45. The highest BCUT2D eigenvalue weighted by Crippen LogP contribution is 2.25. The Morgan fingerprint density at radius 3 is 2.00 bits per heavy atom. The number of carbonyl (C=O) groups excluding carboxylic acids is 1. The molecule has 0 unspecified atom stereocenters. The van der Waals surface area contributed by atoms with Gasteiger partial charge >= 0.3 is 0 Å². The minimum Gasteiger partial charge on any atom is -0.336 e. The number of amides is 1. The lowest BCUT2D eigenvalue weighted by atomic mass is 10.2. The minimum atomic E-state index is -0.360. The van der Waals surface area contributed by atoms with E-state index in [1.807, 2.05) is 12.1 Å². The van der Waals surface area contributed by atoms with Crippen molar-refractivity contribution < 1.29 is 4.79 Å². The van der Waals surface area contributed by atoms with Gasteiger partial charge in [0, 0.05) is 13.1 Å². The van der Waals surface area contributed by atoms with Gasteiger partial charge in [0.25, 0.3) is 5.91 Å². The Labute approximate surface area is 121 Å². The second kappa shape index (κ2) is 7.63. The van der Waals surface area contributed by atoms with Crippen LogP contribution in [-0.4, -0.2) is 23.9 Å². The molecule has 0 aliphatic heterocycles.